The Bertz CT molecular complexity index is 1010. The maximum absolute atomic E-state index is 12.9. The Morgan fingerprint density at radius 3 is 2.06 bits per heavy atom. The van der Waals surface area contributed by atoms with Crippen molar-refractivity contribution in [2.75, 3.05) is 51.3 Å². The van der Waals surface area contributed by atoms with Crippen LogP contribution < -0.4 is 9.64 Å². The molecule has 2 heterocycles. The minimum absolute atomic E-state index is 0.00943. The first-order valence-corrected chi connectivity index (χ1v) is 12.8. The molecule has 2 fully saturated rings. The van der Waals surface area contributed by atoms with Crippen molar-refractivity contribution in [2.45, 2.75) is 25.0 Å². The fraction of sp³-hybridized carbons (Fsp3) is 0.458. The van der Waals surface area contributed by atoms with Crippen LogP contribution in [0.2, 0.25) is 0 Å². The number of carbonyl (C=O) groups is 1. The van der Waals surface area contributed by atoms with Gasteiger partial charge < -0.3 is 14.5 Å². The first-order chi connectivity index (χ1) is 15.5. The Morgan fingerprint density at radius 2 is 1.47 bits per heavy atom. The van der Waals surface area contributed by atoms with Crippen molar-refractivity contribution in [3.05, 3.63) is 59.7 Å². The average molecular weight is 458 g/mol. The van der Waals surface area contributed by atoms with Crippen LogP contribution in [0.4, 0.5) is 5.69 Å². The Labute approximate surface area is 190 Å². The smallest absolute Gasteiger partial charge is 0.253 e. The van der Waals surface area contributed by atoms with Crippen molar-refractivity contribution in [1.82, 2.24) is 9.21 Å². The zero-order valence-electron chi connectivity index (χ0n) is 18.6. The number of amides is 1. The molecule has 32 heavy (non-hydrogen) atoms. The van der Waals surface area contributed by atoms with E-state index in [1.807, 2.05) is 29.2 Å². The van der Waals surface area contributed by atoms with E-state index in [1.54, 1.807) is 35.7 Å². The number of carbonyl (C=O) groups excluding carboxylic acids is 1. The van der Waals surface area contributed by atoms with E-state index in [0.29, 0.717) is 31.7 Å². The number of piperazine rings is 1. The van der Waals surface area contributed by atoms with Crippen molar-refractivity contribution >= 4 is 21.6 Å². The molecule has 0 unspecified atom stereocenters. The van der Waals surface area contributed by atoms with Crippen LogP contribution in [0, 0.1) is 0 Å². The fourth-order valence-corrected chi connectivity index (χ4v) is 5.94. The molecular weight excluding hydrogens is 426 g/mol. The molecule has 1 amide bonds. The number of nitrogens with zero attached hydrogens (tertiary/aromatic N) is 3. The molecule has 0 radical (unpaired) electrons. The van der Waals surface area contributed by atoms with E-state index in [4.69, 9.17) is 4.74 Å². The average Bonchev–Trinajstić information content (AvgIpc) is 2.84. The third kappa shape index (κ3) is 5.24. The van der Waals surface area contributed by atoms with Gasteiger partial charge in [-0.25, -0.2) is 12.7 Å². The standard InChI is InChI=1S/C24H31N3O4S/c1-31-23-11-9-22(10-12-23)25-15-17-26(18-16-25)24(28)21-7-5-20(6-8-21)19-32(29,30)27-13-3-2-4-14-27/h5-12H,2-4,13-19H2,1H3. The second kappa shape index (κ2) is 9.92. The monoisotopic (exact) mass is 457 g/mol. The number of sulfonamides is 1. The molecule has 2 aromatic rings. The third-order valence-corrected chi connectivity index (χ3v) is 8.11. The lowest BCUT2D eigenvalue weighted by Crippen LogP contribution is -2.48. The van der Waals surface area contributed by atoms with E-state index in [1.165, 1.54) is 0 Å². The number of anilines is 1. The molecule has 2 aliphatic heterocycles. The van der Waals surface area contributed by atoms with Crippen LogP contribution in [0.3, 0.4) is 0 Å². The number of piperidine rings is 1. The van der Waals surface area contributed by atoms with Crippen LogP contribution in [0.1, 0.15) is 35.2 Å². The van der Waals surface area contributed by atoms with Gasteiger partial charge in [-0.05, 0) is 54.8 Å². The summed E-state index contributed by atoms with van der Waals surface area (Å²) in [6.07, 6.45) is 2.95. The van der Waals surface area contributed by atoms with Gasteiger partial charge in [-0.15, -0.1) is 0 Å². The third-order valence-electron chi connectivity index (χ3n) is 6.26. The Kier molecular flexibility index (Phi) is 7.01. The van der Waals surface area contributed by atoms with Gasteiger partial charge in [-0.2, -0.15) is 0 Å². The van der Waals surface area contributed by atoms with Gasteiger partial charge in [-0.3, -0.25) is 4.79 Å². The van der Waals surface area contributed by atoms with Gasteiger partial charge in [0.05, 0.1) is 12.9 Å². The van der Waals surface area contributed by atoms with E-state index < -0.39 is 10.0 Å². The van der Waals surface area contributed by atoms with Crippen LogP contribution >= 0.6 is 0 Å². The fourth-order valence-electron chi connectivity index (χ4n) is 4.33. The molecule has 172 valence electrons. The predicted molar refractivity (Wildman–Crippen MR) is 126 cm³/mol. The highest BCUT2D eigenvalue weighted by molar-refractivity contribution is 7.88. The van der Waals surface area contributed by atoms with Crippen molar-refractivity contribution in [2.24, 2.45) is 0 Å². The highest BCUT2D eigenvalue weighted by Crippen LogP contribution is 2.22. The molecule has 0 aliphatic carbocycles. The summed E-state index contributed by atoms with van der Waals surface area (Å²) < 4.78 is 32.1. The minimum Gasteiger partial charge on any atom is -0.497 e. The van der Waals surface area contributed by atoms with E-state index in [9.17, 15) is 13.2 Å². The van der Waals surface area contributed by atoms with Gasteiger partial charge in [0, 0.05) is 50.5 Å². The minimum atomic E-state index is -3.30. The summed E-state index contributed by atoms with van der Waals surface area (Å²) in [7, 11) is -1.65. The molecule has 2 aromatic carbocycles. The van der Waals surface area contributed by atoms with Gasteiger partial charge >= 0.3 is 0 Å². The SMILES string of the molecule is COc1ccc(N2CCN(C(=O)c3ccc(CS(=O)(=O)N4CCCCC4)cc3)CC2)cc1. The summed E-state index contributed by atoms with van der Waals surface area (Å²) in [5.74, 6) is 0.807. The van der Waals surface area contributed by atoms with Gasteiger partial charge in [0.25, 0.3) is 5.91 Å². The highest BCUT2D eigenvalue weighted by Gasteiger charge is 2.25. The number of ether oxygens (including phenoxy) is 1. The predicted octanol–water partition coefficient (Wildman–Crippen LogP) is 2.97. The summed E-state index contributed by atoms with van der Waals surface area (Å²) in [4.78, 5) is 17.1. The van der Waals surface area contributed by atoms with Crippen LogP contribution in [-0.2, 0) is 15.8 Å². The van der Waals surface area contributed by atoms with Crippen molar-refractivity contribution in [3.8, 4) is 5.75 Å². The second-order valence-electron chi connectivity index (χ2n) is 8.39. The number of rotatable bonds is 6. The molecular formula is C24H31N3O4S. The van der Waals surface area contributed by atoms with Gasteiger partial charge in [0.1, 0.15) is 5.75 Å². The van der Waals surface area contributed by atoms with Crippen molar-refractivity contribution in [1.29, 1.82) is 0 Å². The molecule has 0 saturated carbocycles. The first-order valence-electron chi connectivity index (χ1n) is 11.2. The second-order valence-corrected chi connectivity index (χ2v) is 10.4. The molecule has 0 atom stereocenters. The van der Waals surface area contributed by atoms with Gasteiger partial charge in [0.2, 0.25) is 10.0 Å². The van der Waals surface area contributed by atoms with E-state index in [2.05, 4.69) is 4.90 Å². The highest BCUT2D eigenvalue weighted by atomic mass is 32.2. The molecule has 7 nitrogen and oxygen atoms in total. The van der Waals surface area contributed by atoms with Crippen molar-refractivity contribution < 1.29 is 17.9 Å². The molecule has 2 aliphatic rings. The van der Waals surface area contributed by atoms with Crippen LogP contribution in [-0.4, -0.2) is 69.9 Å². The number of hydrogen-bond acceptors (Lipinski definition) is 5. The molecule has 4 rings (SSSR count). The van der Waals surface area contributed by atoms with E-state index in [-0.39, 0.29) is 11.7 Å². The molecule has 0 N–H and O–H groups in total. The van der Waals surface area contributed by atoms with Crippen LogP contribution in [0.5, 0.6) is 5.75 Å². The van der Waals surface area contributed by atoms with Gasteiger partial charge in [-0.1, -0.05) is 18.6 Å². The van der Waals surface area contributed by atoms with Gasteiger partial charge in [0.15, 0.2) is 0 Å². The van der Waals surface area contributed by atoms with Crippen molar-refractivity contribution in [3.63, 3.8) is 0 Å². The zero-order valence-corrected chi connectivity index (χ0v) is 19.4. The maximum Gasteiger partial charge on any atom is 0.253 e. The Morgan fingerprint density at radius 1 is 0.844 bits per heavy atom. The Hall–Kier alpha value is -2.58. The molecule has 0 aromatic heterocycles. The largest absolute Gasteiger partial charge is 0.497 e. The summed E-state index contributed by atoms with van der Waals surface area (Å²) in [5.41, 5.74) is 2.44. The van der Waals surface area contributed by atoms with Crippen LogP contribution in [0.15, 0.2) is 48.5 Å². The Balaban J connectivity index is 1.33. The molecule has 8 heteroatoms. The quantitative estimate of drug-likeness (QED) is 0.667. The lowest BCUT2D eigenvalue weighted by Gasteiger charge is -2.36. The normalized spacial score (nSPS) is 17.9. The summed E-state index contributed by atoms with van der Waals surface area (Å²) >= 11 is 0. The summed E-state index contributed by atoms with van der Waals surface area (Å²) in [5, 5.41) is 0. The molecule has 0 spiro atoms. The first kappa shape index (κ1) is 22.6. The lowest BCUT2D eigenvalue weighted by molar-refractivity contribution is 0.0747. The summed E-state index contributed by atoms with van der Waals surface area (Å²) in [6, 6.07) is 15.0. The topological polar surface area (TPSA) is 70.2 Å². The van der Waals surface area contributed by atoms with E-state index >= 15 is 0 Å². The number of hydrogen-bond donors (Lipinski definition) is 0. The maximum atomic E-state index is 12.9. The summed E-state index contributed by atoms with van der Waals surface area (Å²) in [6.45, 7) is 4.06. The number of methoxy groups -OCH3 is 1. The zero-order chi connectivity index (χ0) is 22.6. The van der Waals surface area contributed by atoms with E-state index in [0.717, 1.165) is 49.4 Å². The molecule has 0 bridgehead atoms. The molecule has 2 saturated heterocycles. The number of benzene rings is 2. The lowest BCUT2D eigenvalue weighted by atomic mass is 10.1. The van der Waals surface area contributed by atoms with Crippen LogP contribution in [0.25, 0.3) is 0 Å².